The number of H-pyrrole nitrogens is 1. The summed E-state index contributed by atoms with van der Waals surface area (Å²) in [7, 11) is 0. The highest BCUT2D eigenvalue weighted by atomic mass is 16.5. The Morgan fingerprint density at radius 3 is 2.89 bits per heavy atom. The van der Waals surface area contributed by atoms with E-state index in [1.165, 1.54) is 0 Å². The average molecular weight is 370 g/mol. The van der Waals surface area contributed by atoms with Crippen LogP contribution in [0.4, 0.5) is 0 Å². The number of amides is 1. The quantitative estimate of drug-likeness (QED) is 0.895. The smallest absolute Gasteiger partial charge is 0.275 e. The van der Waals surface area contributed by atoms with Crippen molar-refractivity contribution in [3.05, 3.63) is 23.9 Å². The Hall–Kier alpha value is -2.12. The van der Waals surface area contributed by atoms with E-state index in [-0.39, 0.29) is 12.0 Å². The van der Waals surface area contributed by atoms with Gasteiger partial charge in [-0.05, 0) is 43.9 Å². The average Bonchev–Trinajstić information content (AvgIpc) is 2.89. The van der Waals surface area contributed by atoms with Crippen molar-refractivity contribution in [2.24, 2.45) is 0 Å². The Labute approximate surface area is 158 Å². The van der Waals surface area contributed by atoms with Crippen LogP contribution < -0.4 is 4.74 Å². The van der Waals surface area contributed by atoms with E-state index in [4.69, 9.17) is 9.47 Å². The number of benzene rings is 1. The van der Waals surface area contributed by atoms with Crippen LogP contribution in [0.3, 0.4) is 0 Å². The third kappa shape index (κ3) is 3.30. The predicted molar refractivity (Wildman–Crippen MR) is 101 cm³/mol. The molecule has 4 fully saturated rings. The van der Waals surface area contributed by atoms with Crippen molar-refractivity contribution < 1.29 is 14.3 Å². The van der Waals surface area contributed by atoms with Gasteiger partial charge in [-0.25, -0.2) is 0 Å². The highest BCUT2D eigenvalue weighted by Gasteiger charge is 2.33. The lowest BCUT2D eigenvalue weighted by molar-refractivity contribution is 0.00749. The van der Waals surface area contributed by atoms with Crippen LogP contribution in [0.2, 0.25) is 0 Å². The van der Waals surface area contributed by atoms with Gasteiger partial charge < -0.3 is 19.3 Å². The summed E-state index contributed by atoms with van der Waals surface area (Å²) in [6.45, 7) is 5.37. The van der Waals surface area contributed by atoms with E-state index >= 15 is 0 Å². The maximum Gasteiger partial charge on any atom is 0.275 e. The van der Waals surface area contributed by atoms with Crippen molar-refractivity contribution in [3.63, 3.8) is 0 Å². The second kappa shape index (κ2) is 7.13. The van der Waals surface area contributed by atoms with Gasteiger partial charge in [-0.15, -0.1) is 0 Å². The molecular formula is C20H26N4O3. The molecule has 1 aromatic heterocycles. The molecule has 4 aliphatic rings. The molecule has 1 atom stereocenters. The van der Waals surface area contributed by atoms with Gasteiger partial charge in [0.1, 0.15) is 11.9 Å². The molecule has 7 nitrogen and oxygen atoms in total. The van der Waals surface area contributed by atoms with Crippen LogP contribution in [-0.2, 0) is 4.74 Å². The number of nitrogens with one attached hydrogen (secondary N) is 1. The minimum absolute atomic E-state index is 0.0353. The number of ether oxygens (including phenoxy) is 2. The summed E-state index contributed by atoms with van der Waals surface area (Å²) < 4.78 is 11.6. The fourth-order valence-corrected chi connectivity index (χ4v) is 4.52. The predicted octanol–water partition coefficient (Wildman–Crippen LogP) is 2.04. The van der Waals surface area contributed by atoms with Gasteiger partial charge in [0.05, 0.1) is 12.1 Å². The minimum Gasteiger partial charge on any atom is -0.488 e. The van der Waals surface area contributed by atoms with Crippen LogP contribution in [0.25, 0.3) is 10.9 Å². The van der Waals surface area contributed by atoms with Gasteiger partial charge in [0.2, 0.25) is 0 Å². The number of nitrogens with zero attached hydrogens (tertiary/aromatic N) is 3. The Bertz CT molecular complexity index is 822. The number of carbonyl (C=O) groups is 1. The molecule has 0 radical (unpaired) electrons. The maximum absolute atomic E-state index is 13.3. The zero-order chi connectivity index (χ0) is 18.2. The van der Waals surface area contributed by atoms with E-state index < -0.39 is 0 Å². The number of hydrogen-bond acceptors (Lipinski definition) is 5. The van der Waals surface area contributed by atoms with E-state index in [1.807, 2.05) is 23.1 Å². The summed E-state index contributed by atoms with van der Waals surface area (Å²) in [5.41, 5.74) is 1.38. The van der Waals surface area contributed by atoms with Gasteiger partial charge in [0.25, 0.3) is 5.91 Å². The van der Waals surface area contributed by atoms with Crippen LogP contribution in [0.5, 0.6) is 5.75 Å². The number of rotatable bonds is 3. The summed E-state index contributed by atoms with van der Waals surface area (Å²) in [4.78, 5) is 17.8. The molecule has 0 spiro atoms. The highest BCUT2D eigenvalue weighted by Crippen LogP contribution is 2.28. The molecule has 2 bridgehead atoms. The van der Waals surface area contributed by atoms with E-state index in [2.05, 4.69) is 15.1 Å². The first-order valence-corrected chi connectivity index (χ1v) is 10.0. The molecule has 4 aliphatic heterocycles. The van der Waals surface area contributed by atoms with Gasteiger partial charge in [0, 0.05) is 44.2 Å². The highest BCUT2D eigenvalue weighted by molar-refractivity contribution is 6.05. The number of aromatic amines is 1. The number of hydrogen-bond donors (Lipinski definition) is 1. The summed E-state index contributed by atoms with van der Waals surface area (Å²) in [5, 5.41) is 8.21. The maximum atomic E-state index is 13.3. The van der Waals surface area contributed by atoms with E-state index in [0.29, 0.717) is 18.3 Å². The molecule has 144 valence electrons. The molecule has 1 aromatic carbocycles. The van der Waals surface area contributed by atoms with Crippen molar-refractivity contribution in [1.82, 2.24) is 20.0 Å². The molecule has 4 saturated heterocycles. The first-order chi connectivity index (χ1) is 13.3. The molecule has 27 heavy (non-hydrogen) atoms. The molecule has 0 saturated carbocycles. The molecule has 7 heteroatoms. The summed E-state index contributed by atoms with van der Waals surface area (Å²) >= 11 is 0. The lowest BCUT2D eigenvalue weighted by Gasteiger charge is -2.31. The Kier molecular flexibility index (Phi) is 4.49. The summed E-state index contributed by atoms with van der Waals surface area (Å²) in [6, 6.07) is 6.16. The molecule has 2 aromatic rings. The lowest BCUT2D eigenvalue weighted by atomic mass is 10.0. The van der Waals surface area contributed by atoms with Crippen molar-refractivity contribution in [2.75, 3.05) is 39.4 Å². The third-order valence-corrected chi connectivity index (χ3v) is 6.07. The van der Waals surface area contributed by atoms with Crippen molar-refractivity contribution in [1.29, 1.82) is 0 Å². The van der Waals surface area contributed by atoms with Crippen LogP contribution in [-0.4, -0.2) is 77.4 Å². The standard InChI is InChI=1S/C20H26N4O3/c25-20(24-10-9-23-7-5-14(24)6-8-23)19-17-12-15(3-4-18(17)21-22-19)27-16-2-1-11-26-13-16/h3-4,12,14,16H,1-2,5-11,13H2,(H,21,22). The lowest BCUT2D eigenvalue weighted by Crippen LogP contribution is -2.41. The van der Waals surface area contributed by atoms with E-state index in [9.17, 15) is 4.79 Å². The number of piperidine rings is 1. The number of fused-ring (bicyclic) bond motifs is 5. The minimum atomic E-state index is 0.0353. The molecule has 5 heterocycles. The molecule has 1 unspecified atom stereocenters. The molecule has 0 aliphatic carbocycles. The van der Waals surface area contributed by atoms with Gasteiger partial charge in [-0.2, -0.15) is 5.10 Å². The summed E-state index contributed by atoms with van der Waals surface area (Å²) in [6.07, 6.45) is 4.22. The van der Waals surface area contributed by atoms with Crippen LogP contribution in [0.1, 0.15) is 36.2 Å². The molecule has 6 rings (SSSR count). The van der Waals surface area contributed by atoms with E-state index in [1.54, 1.807) is 0 Å². The Morgan fingerprint density at radius 1 is 1.19 bits per heavy atom. The van der Waals surface area contributed by atoms with Crippen molar-refractivity contribution in [3.8, 4) is 5.75 Å². The molecular weight excluding hydrogens is 344 g/mol. The monoisotopic (exact) mass is 370 g/mol. The number of carbonyl (C=O) groups excluding carboxylic acids is 1. The fraction of sp³-hybridized carbons (Fsp3) is 0.600. The molecule has 1 amide bonds. The van der Waals surface area contributed by atoms with Gasteiger partial charge in [0.15, 0.2) is 5.69 Å². The zero-order valence-corrected chi connectivity index (χ0v) is 15.5. The summed E-state index contributed by atoms with van der Waals surface area (Å²) in [5.74, 6) is 0.810. The number of aromatic nitrogens is 2. The van der Waals surface area contributed by atoms with Crippen molar-refractivity contribution >= 4 is 16.8 Å². The molecule has 1 N–H and O–H groups in total. The first-order valence-electron chi connectivity index (χ1n) is 10.0. The second-order valence-corrected chi connectivity index (χ2v) is 7.81. The normalized spacial score (nSPS) is 28.3. The van der Waals surface area contributed by atoms with Crippen LogP contribution in [0.15, 0.2) is 18.2 Å². The van der Waals surface area contributed by atoms with Gasteiger partial charge in [-0.1, -0.05) is 0 Å². The van der Waals surface area contributed by atoms with Gasteiger partial charge in [-0.3, -0.25) is 9.89 Å². The van der Waals surface area contributed by atoms with Crippen LogP contribution in [0, 0.1) is 0 Å². The Morgan fingerprint density at radius 2 is 2.07 bits per heavy atom. The van der Waals surface area contributed by atoms with Crippen molar-refractivity contribution in [2.45, 2.75) is 37.8 Å². The largest absolute Gasteiger partial charge is 0.488 e. The van der Waals surface area contributed by atoms with Gasteiger partial charge >= 0.3 is 0 Å². The fourth-order valence-electron chi connectivity index (χ4n) is 4.52. The third-order valence-electron chi connectivity index (χ3n) is 6.07. The zero-order valence-electron chi connectivity index (χ0n) is 15.5. The topological polar surface area (TPSA) is 70.7 Å². The Balaban J connectivity index is 1.40. The second-order valence-electron chi connectivity index (χ2n) is 7.81. The van der Waals surface area contributed by atoms with E-state index in [0.717, 1.165) is 75.1 Å². The first kappa shape index (κ1) is 17.0. The van der Waals surface area contributed by atoms with Crippen LogP contribution >= 0.6 is 0 Å². The SMILES string of the molecule is O=C(c1n[nH]c2ccc(OC3CCCOC3)cc12)N1CCN2CCC1CC2.